The van der Waals surface area contributed by atoms with Crippen LogP contribution in [0.5, 0.6) is 0 Å². The Bertz CT molecular complexity index is 541. The van der Waals surface area contributed by atoms with Gasteiger partial charge in [-0.3, -0.25) is 0 Å². The summed E-state index contributed by atoms with van der Waals surface area (Å²) in [5.74, 6) is -0.887. The van der Waals surface area contributed by atoms with Gasteiger partial charge in [0.15, 0.2) is 5.82 Å². The molecule has 5 nitrogen and oxygen atoms in total. The minimum Gasteiger partial charge on any atom is -0.478 e. The molecule has 0 bridgehead atoms. The highest BCUT2D eigenvalue weighted by Gasteiger charge is 2.14. The molecular formula is C12H10N2O3. The molecular weight excluding hydrogens is 220 g/mol. The fourth-order valence-electron chi connectivity index (χ4n) is 1.47. The number of nitrogens with zero attached hydrogens (tertiary/aromatic N) is 2. The van der Waals surface area contributed by atoms with Crippen molar-refractivity contribution in [1.29, 1.82) is 0 Å². The van der Waals surface area contributed by atoms with E-state index in [-0.39, 0.29) is 18.0 Å². The minimum absolute atomic E-state index is 0.0217. The van der Waals surface area contributed by atoms with Gasteiger partial charge in [-0.05, 0) is 0 Å². The lowest BCUT2D eigenvalue weighted by molar-refractivity contribution is 0.0696. The number of hydrogen-bond acceptors (Lipinski definition) is 4. The molecule has 0 amide bonds. The normalized spacial score (nSPS) is 10.2. The van der Waals surface area contributed by atoms with Crippen LogP contribution >= 0.6 is 0 Å². The van der Waals surface area contributed by atoms with E-state index in [1.807, 2.05) is 6.07 Å². The quantitative estimate of drug-likeness (QED) is 0.831. The summed E-state index contributed by atoms with van der Waals surface area (Å²) in [5, 5.41) is 18.0. The molecule has 17 heavy (non-hydrogen) atoms. The van der Waals surface area contributed by atoms with Crippen LogP contribution in [0.3, 0.4) is 0 Å². The summed E-state index contributed by atoms with van der Waals surface area (Å²) in [4.78, 5) is 18.9. The van der Waals surface area contributed by atoms with E-state index in [2.05, 4.69) is 9.97 Å². The average Bonchev–Trinajstić information content (AvgIpc) is 2.39. The summed E-state index contributed by atoms with van der Waals surface area (Å²) in [6.07, 6.45) is 1.21. The number of carbonyl (C=O) groups is 1. The van der Waals surface area contributed by atoms with E-state index in [9.17, 15) is 4.79 Å². The van der Waals surface area contributed by atoms with Gasteiger partial charge in [-0.15, -0.1) is 0 Å². The van der Waals surface area contributed by atoms with Crippen molar-refractivity contribution >= 4 is 5.97 Å². The first-order valence-corrected chi connectivity index (χ1v) is 4.98. The number of hydrogen-bond donors (Lipinski definition) is 2. The zero-order valence-electron chi connectivity index (χ0n) is 8.87. The lowest BCUT2D eigenvalue weighted by Gasteiger charge is -2.06. The van der Waals surface area contributed by atoms with Crippen LogP contribution in [0.2, 0.25) is 0 Å². The third-order valence-electron chi connectivity index (χ3n) is 2.26. The largest absolute Gasteiger partial charge is 0.478 e. The summed E-state index contributed by atoms with van der Waals surface area (Å²) in [6, 6.07) is 8.94. The fraction of sp³-hybridized carbons (Fsp3) is 0.0833. The van der Waals surface area contributed by atoms with Crippen LogP contribution in [0.4, 0.5) is 0 Å². The van der Waals surface area contributed by atoms with Gasteiger partial charge in [-0.25, -0.2) is 14.8 Å². The number of aliphatic hydroxyl groups is 1. The van der Waals surface area contributed by atoms with Crippen molar-refractivity contribution in [2.24, 2.45) is 0 Å². The van der Waals surface area contributed by atoms with Crippen LogP contribution in [0, 0.1) is 0 Å². The third kappa shape index (κ3) is 2.29. The van der Waals surface area contributed by atoms with E-state index in [1.54, 1.807) is 24.3 Å². The predicted molar refractivity (Wildman–Crippen MR) is 60.4 cm³/mol. The molecule has 0 aliphatic carbocycles. The smallest absolute Gasteiger partial charge is 0.339 e. The second-order valence-corrected chi connectivity index (χ2v) is 3.38. The van der Waals surface area contributed by atoms with Crippen molar-refractivity contribution in [2.75, 3.05) is 0 Å². The molecule has 5 heteroatoms. The predicted octanol–water partition coefficient (Wildman–Crippen LogP) is 1.33. The molecule has 0 aliphatic heterocycles. The monoisotopic (exact) mass is 230 g/mol. The first-order chi connectivity index (χ1) is 8.22. The molecule has 1 aromatic carbocycles. The van der Waals surface area contributed by atoms with Crippen LogP contribution in [0.25, 0.3) is 11.3 Å². The average molecular weight is 230 g/mol. The Kier molecular flexibility index (Phi) is 3.11. The zero-order chi connectivity index (χ0) is 12.3. The number of rotatable bonds is 3. The van der Waals surface area contributed by atoms with Crippen molar-refractivity contribution in [1.82, 2.24) is 9.97 Å². The van der Waals surface area contributed by atoms with Crippen LogP contribution in [-0.2, 0) is 6.61 Å². The fourth-order valence-corrected chi connectivity index (χ4v) is 1.47. The summed E-state index contributed by atoms with van der Waals surface area (Å²) in [5.41, 5.74) is 1.02. The number of benzene rings is 1. The Balaban J connectivity index is 2.61. The maximum Gasteiger partial charge on any atom is 0.339 e. The standard InChI is InChI=1S/C12H10N2O3/c15-7-10-13-6-9(12(16)17)11(14-10)8-4-2-1-3-5-8/h1-6,15H,7H2,(H,16,17). The topological polar surface area (TPSA) is 83.3 Å². The molecule has 0 fully saturated rings. The van der Waals surface area contributed by atoms with E-state index in [1.165, 1.54) is 6.20 Å². The zero-order valence-corrected chi connectivity index (χ0v) is 8.87. The molecule has 2 rings (SSSR count). The van der Waals surface area contributed by atoms with E-state index < -0.39 is 5.97 Å². The molecule has 1 aromatic heterocycles. The summed E-state index contributed by atoms with van der Waals surface area (Å²) < 4.78 is 0. The van der Waals surface area contributed by atoms with Gasteiger partial charge >= 0.3 is 5.97 Å². The number of carboxylic acids is 1. The molecule has 0 spiro atoms. The Morgan fingerprint density at radius 1 is 1.24 bits per heavy atom. The van der Waals surface area contributed by atoms with E-state index >= 15 is 0 Å². The van der Waals surface area contributed by atoms with Crippen LogP contribution in [0.15, 0.2) is 36.5 Å². The second kappa shape index (κ2) is 4.71. The van der Waals surface area contributed by atoms with Gasteiger partial charge in [-0.1, -0.05) is 30.3 Å². The highest BCUT2D eigenvalue weighted by molar-refractivity contribution is 5.94. The van der Waals surface area contributed by atoms with Crippen molar-refractivity contribution in [3.8, 4) is 11.3 Å². The molecule has 1 heterocycles. The number of aromatic carboxylic acids is 1. The summed E-state index contributed by atoms with van der Waals surface area (Å²) in [6.45, 7) is -0.320. The van der Waals surface area contributed by atoms with Gasteiger partial charge < -0.3 is 10.2 Å². The lowest BCUT2D eigenvalue weighted by Crippen LogP contribution is -2.06. The van der Waals surface area contributed by atoms with E-state index in [4.69, 9.17) is 10.2 Å². The molecule has 86 valence electrons. The number of aromatic nitrogens is 2. The molecule has 0 saturated heterocycles. The van der Waals surface area contributed by atoms with E-state index in [0.717, 1.165) is 0 Å². The second-order valence-electron chi connectivity index (χ2n) is 3.38. The Hall–Kier alpha value is -2.27. The summed E-state index contributed by atoms with van der Waals surface area (Å²) in [7, 11) is 0. The maximum atomic E-state index is 11.1. The first-order valence-electron chi connectivity index (χ1n) is 4.98. The van der Waals surface area contributed by atoms with Crippen molar-refractivity contribution in [2.45, 2.75) is 6.61 Å². The van der Waals surface area contributed by atoms with Gasteiger partial charge in [0.05, 0.1) is 5.69 Å². The van der Waals surface area contributed by atoms with Gasteiger partial charge in [0.2, 0.25) is 0 Å². The highest BCUT2D eigenvalue weighted by Crippen LogP contribution is 2.20. The van der Waals surface area contributed by atoms with Gasteiger partial charge in [0.1, 0.15) is 12.2 Å². The minimum atomic E-state index is -1.09. The molecule has 2 N–H and O–H groups in total. The maximum absolute atomic E-state index is 11.1. The van der Waals surface area contributed by atoms with Gasteiger partial charge in [-0.2, -0.15) is 0 Å². The third-order valence-corrected chi connectivity index (χ3v) is 2.26. The first kappa shape index (κ1) is 11.2. The van der Waals surface area contributed by atoms with Crippen LogP contribution in [-0.4, -0.2) is 26.2 Å². The molecule has 0 unspecified atom stereocenters. The molecule has 2 aromatic rings. The molecule has 0 aliphatic rings. The Labute approximate surface area is 97.4 Å². The van der Waals surface area contributed by atoms with Crippen LogP contribution in [0.1, 0.15) is 16.2 Å². The van der Waals surface area contributed by atoms with Crippen molar-refractivity contribution in [3.05, 3.63) is 47.9 Å². The van der Waals surface area contributed by atoms with Crippen LogP contribution < -0.4 is 0 Å². The molecule has 0 atom stereocenters. The van der Waals surface area contributed by atoms with Gasteiger partial charge in [0, 0.05) is 11.8 Å². The summed E-state index contributed by atoms with van der Waals surface area (Å²) >= 11 is 0. The van der Waals surface area contributed by atoms with Crippen molar-refractivity contribution in [3.63, 3.8) is 0 Å². The number of carboxylic acid groups (broad SMARTS) is 1. The highest BCUT2D eigenvalue weighted by atomic mass is 16.4. The number of aliphatic hydroxyl groups excluding tert-OH is 1. The van der Waals surface area contributed by atoms with E-state index in [0.29, 0.717) is 11.3 Å². The SMILES string of the molecule is O=C(O)c1cnc(CO)nc1-c1ccccc1. The van der Waals surface area contributed by atoms with Gasteiger partial charge in [0.25, 0.3) is 0 Å². The Morgan fingerprint density at radius 2 is 1.94 bits per heavy atom. The lowest BCUT2D eigenvalue weighted by atomic mass is 10.1. The molecule has 0 saturated carbocycles. The molecule has 0 radical (unpaired) electrons. The Morgan fingerprint density at radius 3 is 2.53 bits per heavy atom. The van der Waals surface area contributed by atoms with Crippen molar-refractivity contribution < 1.29 is 15.0 Å².